The number of oxazole rings is 2. The average molecular weight is 1020 g/mol. The molecule has 14 nitrogen and oxygen atoms in total. The van der Waals surface area contributed by atoms with Crippen molar-refractivity contribution in [2.24, 2.45) is 17.8 Å². The van der Waals surface area contributed by atoms with Crippen LogP contribution >= 0.6 is 15.9 Å². The van der Waals surface area contributed by atoms with Crippen molar-refractivity contribution in [3.8, 4) is 0 Å². The Labute approximate surface area is 415 Å². The van der Waals surface area contributed by atoms with Gasteiger partial charge in [-0.15, -0.1) is 0 Å². The zero-order valence-corrected chi connectivity index (χ0v) is 42.6. The predicted octanol–water partition coefficient (Wildman–Crippen LogP) is 9.42. The number of aliphatic hydroxyl groups excluding tert-OH is 2. The summed E-state index contributed by atoms with van der Waals surface area (Å²) in [4.78, 5) is 24.9. The second-order valence-corrected chi connectivity index (χ2v) is 20.6. The molecule has 7 rings (SSSR count). The van der Waals surface area contributed by atoms with Crippen molar-refractivity contribution in [3.05, 3.63) is 107 Å². The molecule has 5 aliphatic rings. The van der Waals surface area contributed by atoms with Gasteiger partial charge in [-0.2, -0.15) is 0 Å². The summed E-state index contributed by atoms with van der Waals surface area (Å²) in [6.45, 7) is 12.3. The van der Waals surface area contributed by atoms with Gasteiger partial charge in [0.2, 0.25) is 5.89 Å². The molecule has 2 aromatic rings. The van der Waals surface area contributed by atoms with Gasteiger partial charge < -0.3 is 52.6 Å². The number of carbonyl (C=O) groups excluding carboxylic acids is 1. The quantitative estimate of drug-likeness (QED) is 0.104. The van der Waals surface area contributed by atoms with Crippen LogP contribution in [0, 0.1) is 17.8 Å². The third-order valence-corrected chi connectivity index (χ3v) is 14.8. The maximum Gasteiger partial charge on any atom is 0.330 e. The lowest BCUT2D eigenvalue weighted by molar-refractivity contribution is -0.179. The minimum Gasteiger partial charge on any atom is -0.458 e. The summed E-state index contributed by atoms with van der Waals surface area (Å²) in [5.74, 6) is -0.295. The maximum absolute atomic E-state index is 13.6. The first-order valence-corrected chi connectivity index (χ1v) is 25.5. The zero-order chi connectivity index (χ0) is 49.2. The van der Waals surface area contributed by atoms with E-state index in [2.05, 4.69) is 22.5 Å². The molecule has 69 heavy (non-hydrogen) atoms. The summed E-state index contributed by atoms with van der Waals surface area (Å²) in [5, 5.41) is 34.3. The maximum atomic E-state index is 13.6. The van der Waals surface area contributed by atoms with E-state index in [1.54, 1.807) is 31.7 Å². The minimum absolute atomic E-state index is 0.0948. The standard InChI is InChI=1S/C54H73BrN2O12/c1-32(16-17-40(62-6)12-10-18-55)21-46(59)37-23-44(63-7)28-54(61,27-37)29-50-56-38(30-64-50)22-34(3)52-36(5)53-35(4)47(68-52)13-9-14-49-57-45(31-65-49)48-25-39(58)24-43(67-48)26-42-20-33(2)19-41(66-42)11-8-15-51(60)69-53/h8-10,14-18,21-22,30-31,35-37,39-44,46-48,52-53,58-59,61H,2,11-13,19-20,23-29H2,1,3-7H3/b14-9+,15-8-,17-16+,18-10+,32-21+,34-22+/t35-,36-,37-,39+,40+,41-,42+,43-,44+,46+,47+,48+,52-,53-,54+/m0/s1. The molecular weight excluding hydrogens is 948 g/mol. The van der Waals surface area contributed by atoms with E-state index in [0.29, 0.717) is 93.8 Å². The Morgan fingerprint density at radius 1 is 0.971 bits per heavy atom. The van der Waals surface area contributed by atoms with Gasteiger partial charge in [0.25, 0.3) is 0 Å². The van der Waals surface area contributed by atoms with Crippen molar-refractivity contribution in [1.82, 2.24) is 9.97 Å². The first-order valence-electron chi connectivity index (χ1n) is 24.6. The number of fused-ring (bicyclic) bond motifs is 9. The summed E-state index contributed by atoms with van der Waals surface area (Å²) in [7, 11) is 3.30. The Morgan fingerprint density at radius 2 is 1.77 bits per heavy atom. The molecule has 3 saturated heterocycles. The van der Waals surface area contributed by atoms with Gasteiger partial charge in [0.05, 0.1) is 67.0 Å². The number of hydrogen-bond donors (Lipinski definition) is 3. The van der Waals surface area contributed by atoms with Crippen molar-refractivity contribution in [2.45, 2.75) is 177 Å². The summed E-state index contributed by atoms with van der Waals surface area (Å²) in [6.07, 6.45) is 22.2. The molecule has 1 saturated carbocycles. The number of halogens is 1. The molecule has 6 heterocycles. The number of hydrogen-bond acceptors (Lipinski definition) is 14. The molecule has 4 fully saturated rings. The first kappa shape index (κ1) is 53.0. The van der Waals surface area contributed by atoms with Crippen molar-refractivity contribution in [3.63, 3.8) is 0 Å². The number of methoxy groups -OCH3 is 2. The predicted molar refractivity (Wildman–Crippen MR) is 265 cm³/mol. The normalized spacial score (nSPS) is 36.1. The lowest BCUT2D eigenvalue weighted by Gasteiger charge is -2.44. The summed E-state index contributed by atoms with van der Waals surface area (Å²) in [6, 6.07) is 0. The lowest BCUT2D eigenvalue weighted by Crippen LogP contribution is -2.50. The fourth-order valence-corrected chi connectivity index (χ4v) is 11.2. The first-order chi connectivity index (χ1) is 33.1. The Kier molecular flexibility index (Phi) is 18.9. The second kappa shape index (κ2) is 24.6. The number of ether oxygens (including phenoxy) is 6. The van der Waals surface area contributed by atoms with E-state index in [-0.39, 0.29) is 60.8 Å². The van der Waals surface area contributed by atoms with Crippen LogP contribution in [0.4, 0.5) is 0 Å². The molecule has 0 amide bonds. The Hall–Kier alpha value is -3.77. The van der Waals surface area contributed by atoms with Crippen LogP contribution in [0.15, 0.2) is 92.2 Å². The molecule has 2 aromatic heterocycles. The van der Waals surface area contributed by atoms with Gasteiger partial charge in [0.1, 0.15) is 36.1 Å². The molecule has 1 aliphatic carbocycles. The molecule has 0 radical (unpaired) electrons. The van der Waals surface area contributed by atoms with Gasteiger partial charge in [0, 0.05) is 51.4 Å². The van der Waals surface area contributed by atoms with Crippen LogP contribution in [0.5, 0.6) is 0 Å². The van der Waals surface area contributed by atoms with E-state index in [1.165, 1.54) is 6.08 Å². The monoisotopic (exact) mass is 1020 g/mol. The fourth-order valence-electron chi connectivity index (χ4n) is 10.9. The molecule has 378 valence electrons. The number of aliphatic hydroxyl groups is 3. The average Bonchev–Trinajstić information content (AvgIpc) is 3.96. The van der Waals surface area contributed by atoms with Crippen LogP contribution in [-0.2, 0) is 39.6 Å². The van der Waals surface area contributed by atoms with Crippen molar-refractivity contribution in [2.75, 3.05) is 14.2 Å². The van der Waals surface area contributed by atoms with Gasteiger partial charge in [-0.05, 0) is 93.8 Å². The molecule has 0 aromatic carbocycles. The molecule has 0 unspecified atom stereocenters. The fraction of sp³-hybridized carbons (Fsp3) is 0.611. The largest absolute Gasteiger partial charge is 0.458 e. The summed E-state index contributed by atoms with van der Waals surface area (Å²) >= 11 is 3.30. The number of rotatable bonds is 12. The van der Waals surface area contributed by atoms with Crippen LogP contribution in [0.1, 0.15) is 128 Å². The van der Waals surface area contributed by atoms with E-state index >= 15 is 0 Å². The van der Waals surface area contributed by atoms with Crippen LogP contribution in [0.2, 0.25) is 0 Å². The van der Waals surface area contributed by atoms with Crippen molar-refractivity contribution in [1.29, 1.82) is 0 Å². The number of esters is 1. The van der Waals surface area contributed by atoms with Crippen LogP contribution < -0.4 is 0 Å². The molecule has 4 aliphatic heterocycles. The van der Waals surface area contributed by atoms with Gasteiger partial charge >= 0.3 is 5.97 Å². The smallest absolute Gasteiger partial charge is 0.330 e. The van der Waals surface area contributed by atoms with Gasteiger partial charge in [-0.25, -0.2) is 14.8 Å². The highest BCUT2D eigenvalue weighted by Gasteiger charge is 2.45. The number of nitrogens with zero attached hydrogens (tertiary/aromatic N) is 2. The number of allylic oxidation sites excluding steroid dienone is 2. The topological polar surface area (TPSA) is 185 Å². The van der Waals surface area contributed by atoms with E-state index < -0.39 is 42.1 Å². The lowest BCUT2D eigenvalue weighted by atomic mass is 9.72. The molecular formula is C54H73BrN2O12. The van der Waals surface area contributed by atoms with Crippen LogP contribution in [-0.4, -0.2) is 112 Å². The second-order valence-electron chi connectivity index (χ2n) is 20.1. The summed E-state index contributed by atoms with van der Waals surface area (Å²) < 4.78 is 49.3. The Bertz CT molecular complexity index is 2210. The Morgan fingerprint density at radius 3 is 2.55 bits per heavy atom. The molecule has 3 N–H and O–H groups in total. The van der Waals surface area contributed by atoms with Gasteiger partial charge in [-0.3, -0.25) is 0 Å². The zero-order valence-electron chi connectivity index (χ0n) is 41.0. The van der Waals surface area contributed by atoms with Crippen molar-refractivity contribution >= 4 is 34.1 Å². The van der Waals surface area contributed by atoms with Gasteiger partial charge in [-0.1, -0.05) is 84.0 Å². The van der Waals surface area contributed by atoms with E-state index in [1.807, 2.05) is 76.3 Å². The highest BCUT2D eigenvalue weighted by Crippen LogP contribution is 2.41. The highest BCUT2D eigenvalue weighted by atomic mass is 79.9. The van der Waals surface area contributed by atoms with E-state index in [4.69, 9.17) is 47.2 Å². The molecule has 15 atom stereocenters. The molecule has 0 spiro atoms. The van der Waals surface area contributed by atoms with Crippen LogP contribution in [0.3, 0.4) is 0 Å². The number of aromatic nitrogens is 2. The SMILES string of the molecule is C=C1C[C@@H]2C[C@@H]3C[C@@H](O)C[C@@H](O3)c3coc(n3)/C=C/C[C@H]3O[C@@H](/C(C)=C/c4coc(C[C@]5(O)C[C@H](OC)C[C@H]([C@H](O)/C=C(C)/C=C/[C@@H](C/C=C/Br)OC)C5)n4)[C@H](C)[C@@H](OC(=O)/C=C\C[C@@H](C1)O2)[C@H]3C. The van der Waals surface area contributed by atoms with Gasteiger partial charge in [0.15, 0.2) is 5.89 Å². The van der Waals surface area contributed by atoms with E-state index in [0.717, 1.165) is 16.7 Å². The number of carbonyl (C=O) groups is 1. The molecule has 15 heteroatoms. The summed E-state index contributed by atoms with van der Waals surface area (Å²) in [5.41, 5.74) is 2.81. The minimum atomic E-state index is -1.23. The highest BCUT2D eigenvalue weighted by molar-refractivity contribution is 9.11. The van der Waals surface area contributed by atoms with Crippen LogP contribution in [0.25, 0.3) is 12.2 Å². The molecule has 8 bridgehead atoms. The third-order valence-electron chi connectivity index (χ3n) is 14.4. The Balaban J connectivity index is 1.06. The third kappa shape index (κ3) is 14.7. The van der Waals surface area contributed by atoms with Crippen molar-refractivity contribution < 1.29 is 57.4 Å². The van der Waals surface area contributed by atoms with E-state index in [9.17, 15) is 20.1 Å².